The van der Waals surface area contributed by atoms with Gasteiger partial charge in [0.25, 0.3) is 0 Å². The Morgan fingerprint density at radius 2 is 2.05 bits per heavy atom. The van der Waals surface area contributed by atoms with Crippen LogP contribution in [-0.2, 0) is 0 Å². The van der Waals surface area contributed by atoms with Crippen LogP contribution in [0.15, 0.2) is 42.5 Å². The van der Waals surface area contributed by atoms with Crippen molar-refractivity contribution in [1.82, 2.24) is 0 Å². The van der Waals surface area contributed by atoms with Gasteiger partial charge in [0, 0.05) is 10.6 Å². The first-order chi connectivity index (χ1) is 10.1. The topological polar surface area (TPSA) is 50.1 Å². The number of rotatable bonds is 4. The smallest absolute Gasteiger partial charge is 0.184 e. The van der Waals surface area contributed by atoms with Crippen LogP contribution < -0.4 is 4.74 Å². The Hall–Kier alpha value is -2.31. The molecule has 0 aromatic heterocycles. The summed E-state index contributed by atoms with van der Waals surface area (Å²) >= 11 is 5.96. The molecule has 0 aliphatic rings. The van der Waals surface area contributed by atoms with Crippen LogP contribution in [0.25, 0.3) is 0 Å². The van der Waals surface area contributed by atoms with Crippen molar-refractivity contribution in [2.75, 3.05) is 7.11 Å². The first kappa shape index (κ1) is 15.1. The van der Waals surface area contributed by atoms with Crippen LogP contribution in [0.3, 0.4) is 0 Å². The van der Waals surface area contributed by atoms with Crippen molar-refractivity contribution in [2.45, 2.75) is 12.8 Å². The van der Waals surface area contributed by atoms with Crippen LogP contribution in [0.4, 0.5) is 0 Å². The molecule has 0 spiro atoms. The van der Waals surface area contributed by atoms with E-state index >= 15 is 0 Å². The Morgan fingerprint density at radius 3 is 2.67 bits per heavy atom. The predicted molar refractivity (Wildman–Crippen MR) is 81.9 cm³/mol. The zero-order valence-electron chi connectivity index (χ0n) is 11.8. The minimum absolute atomic E-state index is 0.245. The SMILES string of the molecule is COc1cccc(C(C#N)C(=O)c2ccc(Cl)c(C)c2)c1. The summed E-state index contributed by atoms with van der Waals surface area (Å²) in [6.45, 7) is 1.83. The number of benzene rings is 2. The van der Waals surface area contributed by atoms with Crippen molar-refractivity contribution in [3.05, 3.63) is 64.2 Å². The molecule has 0 N–H and O–H groups in total. The number of nitriles is 1. The summed E-state index contributed by atoms with van der Waals surface area (Å²) in [7, 11) is 1.55. The van der Waals surface area contributed by atoms with E-state index in [4.69, 9.17) is 16.3 Å². The molecular weight excluding hydrogens is 286 g/mol. The molecule has 0 saturated heterocycles. The van der Waals surface area contributed by atoms with E-state index < -0.39 is 5.92 Å². The van der Waals surface area contributed by atoms with Crippen LogP contribution in [-0.4, -0.2) is 12.9 Å². The molecule has 2 aromatic carbocycles. The molecule has 0 radical (unpaired) electrons. The second-order valence-electron chi connectivity index (χ2n) is 4.67. The Balaban J connectivity index is 2.38. The number of methoxy groups -OCH3 is 1. The third kappa shape index (κ3) is 3.24. The third-order valence-electron chi connectivity index (χ3n) is 3.26. The van der Waals surface area contributed by atoms with Crippen molar-refractivity contribution in [2.24, 2.45) is 0 Å². The molecule has 1 unspecified atom stereocenters. The number of ketones is 1. The lowest BCUT2D eigenvalue weighted by Gasteiger charge is -2.11. The molecule has 0 heterocycles. The maximum atomic E-state index is 12.5. The lowest BCUT2D eigenvalue weighted by atomic mass is 9.91. The van der Waals surface area contributed by atoms with E-state index in [1.165, 1.54) is 0 Å². The van der Waals surface area contributed by atoms with Gasteiger partial charge in [0.1, 0.15) is 11.7 Å². The van der Waals surface area contributed by atoms with E-state index in [-0.39, 0.29) is 5.78 Å². The number of halogens is 1. The van der Waals surface area contributed by atoms with Crippen LogP contribution in [0, 0.1) is 18.3 Å². The molecule has 0 fully saturated rings. The molecule has 2 aromatic rings. The van der Waals surface area contributed by atoms with E-state index in [1.807, 2.05) is 6.92 Å². The minimum atomic E-state index is -0.860. The highest BCUT2D eigenvalue weighted by atomic mass is 35.5. The molecule has 106 valence electrons. The Kier molecular flexibility index (Phi) is 4.62. The highest BCUT2D eigenvalue weighted by Crippen LogP contribution is 2.25. The lowest BCUT2D eigenvalue weighted by molar-refractivity contribution is 0.0979. The maximum absolute atomic E-state index is 12.5. The molecule has 1 atom stereocenters. The molecule has 0 saturated carbocycles. The van der Waals surface area contributed by atoms with Crippen molar-refractivity contribution >= 4 is 17.4 Å². The molecule has 2 rings (SSSR count). The first-order valence-corrected chi connectivity index (χ1v) is 6.78. The maximum Gasteiger partial charge on any atom is 0.184 e. The second-order valence-corrected chi connectivity index (χ2v) is 5.07. The summed E-state index contributed by atoms with van der Waals surface area (Å²) in [5.41, 5.74) is 1.91. The monoisotopic (exact) mass is 299 g/mol. The predicted octanol–water partition coefficient (Wildman–Crippen LogP) is 4.15. The van der Waals surface area contributed by atoms with E-state index in [0.29, 0.717) is 21.9 Å². The van der Waals surface area contributed by atoms with Crippen LogP contribution >= 0.6 is 11.6 Å². The van der Waals surface area contributed by atoms with Gasteiger partial charge in [-0.15, -0.1) is 0 Å². The van der Waals surface area contributed by atoms with E-state index in [9.17, 15) is 10.1 Å². The van der Waals surface area contributed by atoms with Crippen LogP contribution in [0.5, 0.6) is 5.75 Å². The van der Waals surface area contributed by atoms with Gasteiger partial charge >= 0.3 is 0 Å². The van der Waals surface area contributed by atoms with Gasteiger partial charge in [-0.05, 0) is 48.4 Å². The fourth-order valence-corrected chi connectivity index (χ4v) is 2.19. The van der Waals surface area contributed by atoms with Crippen molar-refractivity contribution in [3.63, 3.8) is 0 Å². The van der Waals surface area contributed by atoms with Crippen molar-refractivity contribution < 1.29 is 9.53 Å². The Bertz CT molecular complexity index is 719. The second kappa shape index (κ2) is 6.43. The zero-order valence-corrected chi connectivity index (χ0v) is 12.5. The molecule has 21 heavy (non-hydrogen) atoms. The molecule has 4 heteroatoms. The number of ether oxygens (including phenoxy) is 1. The zero-order chi connectivity index (χ0) is 15.4. The Morgan fingerprint density at radius 1 is 1.29 bits per heavy atom. The van der Waals surface area contributed by atoms with E-state index in [1.54, 1.807) is 49.6 Å². The average Bonchev–Trinajstić information content (AvgIpc) is 2.51. The summed E-state index contributed by atoms with van der Waals surface area (Å²) in [5.74, 6) is -0.487. The molecular formula is C17H14ClNO2. The van der Waals surface area contributed by atoms with Crippen LogP contribution in [0.1, 0.15) is 27.4 Å². The number of hydrogen-bond donors (Lipinski definition) is 0. The van der Waals surface area contributed by atoms with Gasteiger partial charge in [-0.25, -0.2) is 0 Å². The average molecular weight is 300 g/mol. The molecule has 3 nitrogen and oxygen atoms in total. The van der Waals surface area contributed by atoms with Gasteiger partial charge in [0.05, 0.1) is 13.2 Å². The fourth-order valence-electron chi connectivity index (χ4n) is 2.07. The third-order valence-corrected chi connectivity index (χ3v) is 3.68. The largest absolute Gasteiger partial charge is 0.497 e. The molecule has 0 bridgehead atoms. The number of Topliss-reactive ketones (excluding diaryl/α,β-unsaturated/α-hetero) is 1. The van der Waals surface area contributed by atoms with Crippen molar-refractivity contribution in [1.29, 1.82) is 5.26 Å². The van der Waals surface area contributed by atoms with E-state index in [0.717, 1.165) is 5.56 Å². The molecule has 0 amide bonds. The van der Waals surface area contributed by atoms with Gasteiger partial charge in [0.15, 0.2) is 5.78 Å². The Labute approximate surface area is 128 Å². The van der Waals surface area contributed by atoms with Gasteiger partial charge in [0.2, 0.25) is 0 Å². The summed E-state index contributed by atoms with van der Waals surface area (Å²) in [4.78, 5) is 12.5. The standard InChI is InChI=1S/C17H14ClNO2/c1-11-8-13(6-7-16(11)18)17(20)15(10-19)12-4-3-5-14(9-12)21-2/h3-9,15H,1-2H3. The molecule has 0 aliphatic heterocycles. The van der Waals surface area contributed by atoms with Gasteiger partial charge in [-0.3, -0.25) is 4.79 Å². The summed E-state index contributed by atoms with van der Waals surface area (Å²) in [5, 5.41) is 9.96. The van der Waals surface area contributed by atoms with Gasteiger partial charge < -0.3 is 4.74 Å². The quantitative estimate of drug-likeness (QED) is 0.797. The highest BCUT2D eigenvalue weighted by Gasteiger charge is 2.22. The van der Waals surface area contributed by atoms with Gasteiger partial charge in [-0.2, -0.15) is 5.26 Å². The number of carbonyl (C=O) groups is 1. The number of aryl methyl sites for hydroxylation is 1. The minimum Gasteiger partial charge on any atom is -0.497 e. The molecule has 0 aliphatic carbocycles. The van der Waals surface area contributed by atoms with E-state index in [2.05, 4.69) is 6.07 Å². The van der Waals surface area contributed by atoms with Gasteiger partial charge in [-0.1, -0.05) is 23.7 Å². The van der Waals surface area contributed by atoms with Crippen molar-refractivity contribution in [3.8, 4) is 11.8 Å². The number of hydrogen-bond acceptors (Lipinski definition) is 3. The fraction of sp³-hybridized carbons (Fsp3) is 0.176. The normalized spacial score (nSPS) is 11.5. The lowest BCUT2D eigenvalue weighted by Crippen LogP contribution is -2.11. The number of nitrogens with zero attached hydrogens (tertiary/aromatic N) is 1. The summed E-state index contributed by atoms with van der Waals surface area (Å²) in [6, 6.07) is 14.1. The summed E-state index contributed by atoms with van der Waals surface area (Å²) < 4.78 is 5.13. The summed E-state index contributed by atoms with van der Waals surface area (Å²) in [6.07, 6.45) is 0. The first-order valence-electron chi connectivity index (χ1n) is 6.40. The number of carbonyl (C=O) groups excluding carboxylic acids is 1. The highest BCUT2D eigenvalue weighted by molar-refractivity contribution is 6.31. The van der Waals surface area contributed by atoms with Crippen LogP contribution in [0.2, 0.25) is 5.02 Å².